The molecule has 108 valence electrons. The Labute approximate surface area is 118 Å². The van der Waals surface area contributed by atoms with Gasteiger partial charge in [-0.05, 0) is 36.5 Å². The van der Waals surface area contributed by atoms with Crippen LogP contribution >= 0.6 is 0 Å². The standard InChI is InChI=1S/C15H18O4S/c16-14(17)15(7-2-1-3-8-15)12-4-5-13-11(10-12)6-9-20(13,18)19/h4-5,10H,1-3,6-9H2,(H,16,17). The molecule has 1 aliphatic carbocycles. The maximum absolute atomic E-state index is 11.8. The molecule has 0 aromatic heterocycles. The Balaban J connectivity index is 2.08. The smallest absolute Gasteiger partial charge is 0.314 e. The van der Waals surface area contributed by atoms with E-state index in [2.05, 4.69) is 0 Å². The van der Waals surface area contributed by atoms with Crippen LogP contribution in [0.2, 0.25) is 0 Å². The van der Waals surface area contributed by atoms with Crippen molar-refractivity contribution in [2.24, 2.45) is 0 Å². The summed E-state index contributed by atoms with van der Waals surface area (Å²) >= 11 is 0. The average molecular weight is 294 g/mol. The molecule has 0 radical (unpaired) electrons. The second-order valence-corrected chi connectivity index (χ2v) is 7.92. The van der Waals surface area contributed by atoms with Crippen LogP contribution in [0.1, 0.15) is 43.2 Å². The summed E-state index contributed by atoms with van der Waals surface area (Å²) in [5, 5.41) is 9.68. The molecule has 1 saturated carbocycles. The van der Waals surface area contributed by atoms with E-state index in [1.807, 2.05) is 6.07 Å². The lowest BCUT2D eigenvalue weighted by Crippen LogP contribution is -2.37. The molecule has 4 nitrogen and oxygen atoms in total. The molecule has 0 saturated heterocycles. The van der Waals surface area contributed by atoms with E-state index in [1.165, 1.54) is 0 Å². The molecule has 0 bridgehead atoms. The molecule has 1 N–H and O–H groups in total. The molecule has 1 heterocycles. The van der Waals surface area contributed by atoms with Gasteiger partial charge in [-0.25, -0.2) is 8.42 Å². The molecule has 1 fully saturated rings. The Morgan fingerprint density at radius 3 is 2.50 bits per heavy atom. The van der Waals surface area contributed by atoms with Crippen LogP contribution in [-0.2, 0) is 26.5 Å². The third-order valence-electron chi connectivity index (χ3n) is 4.70. The molecular formula is C15H18O4S. The lowest BCUT2D eigenvalue weighted by molar-refractivity contribution is -0.145. The highest BCUT2D eigenvalue weighted by Gasteiger charge is 2.42. The molecule has 0 amide bonds. The lowest BCUT2D eigenvalue weighted by Gasteiger charge is -2.34. The first-order chi connectivity index (χ1) is 9.46. The monoisotopic (exact) mass is 294 g/mol. The largest absolute Gasteiger partial charge is 0.481 e. The van der Waals surface area contributed by atoms with Crippen LogP contribution in [0.25, 0.3) is 0 Å². The quantitative estimate of drug-likeness (QED) is 0.908. The van der Waals surface area contributed by atoms with Crippen molar-refractivity contribution in [2.45, 2.75) is 48.8 Å². The molecule has 0 atom stereocenters. The van der Waals surface area contributed by atoms with Gasteiger partial charge < -0.3 is 5.11 Å². The van der Waals surface area contributed by atoms with Gasteiger partial charge in [-0.15, -0.1) is 0 Å². The van der Waals surface area contributed by atoms with Gasteiger partial charge in [0.15, 0.2) is 9.84 Å². The van der Waals surface area contributed by atoms with Gasteiger partial charge in [-0.3, -0.25) is 4.79 Å². The molecule has 3 rings (SSSR count). The van der Waals surface area contributed by atoms with E-state index in [0.717, 1.165) is 30.4 Å². The zero-order valence-corrected chi connectivity index (χ0v) is 12.1. The molecule has 1 aromatic carbocycles. The summed E-state index contributed by atoms with van der Waals surface area (Å²) in [6.07, 6.45) is 4.71. The van der Waals surface area contributed by atoms with Gasteiger partial charge in [0.05, 0.1) is 16.1 Å². The van der Waals surface area contributed by atoms with Crippen molar-refractivity contribution in [1.82, 2.24) is 0 Å². The van der Waals surface area contributed by atoms with Gasteiger partial charge in [-0.2, -0.15) is 0 Å². The molecule has 0 unspecified atom stereocenters. The van der Waals surface area contributed by atoms with Gasteiger partial charge >= 0.3 is 5.97 Å². The first-order valence-electron chi connectivity index (χ1n) is 7.05. The zero-order chi connectivity index (χ0) is 14.4. The van der Waals surface area contributed by atoms with E-state index >= 15 is 0 Å². The third-order valence-corrected chi connectivity index (χ3v) is 6.51. The SMILES string of the molecule is O=C(O)C1(c2ccc3c(c2)CCS3(=O)=O)CCCCC1. The number of carboxylic acid groups (broad SMARTS) is 1. The van der Waals surface area contributed by atoms with E-state index in [-0.39, 0.29) is 5.75 Å². The normalized spacial score (nSPS) is 23.2. The Bertz CT molecular complexity index is 654. The van der Waals surface area contributed by atoms with E-state index in [0.29, 0.717) is 24.2 Å². The third kappa shape index (κ3) is 1.95. The fraction of sp³-hybridized carbons (Fsp3) is 0.533. The van der Waals surface area contributed by atoms with E-state index in [1.54, 1.807) is 12.1 Å². The highest BCUT2D eigenvalue weighted by molar-refractivity contribution is 7.91. The molecule has 1 aromatic rings. The summed E-state index contributed by atoms with van der Waals surface area (Å²) in [6.45, 7) is 0. The first-order valence-corrected chi connectivity index (χ1v) is 8.70. The van der Waals surface area contributed by atoms with Crippen molar-refractivity contribution in [1.29, 1.82) is 0 Å². The van der Waals surface area contributed by atoms with Crippen molar-refractivity contribution in [2.75, 3.05) is 5.75 Å². The van der Waals surface area contributed by atoms with Crippen LogP contribution in [0.5, 0.6) is 0 Å². The highest BCUT2D eigenvalue weighted by atomic mass is 32.2. The number of sulfone groups is 1. The van der Waals surface area contributed by atoms with E-state index in [4.69, 9.17) is 0 Å². The highest BCUT2D eigenvalue weighted by Crippen LogP contribution is 2.41. The van der Waals surface area contributed by atoms with E-state index < -0.39 is 21.2 Å². The second kappa shape index (κ2) is 4.58. The number of benzene rings is 1. The fourth-order valence-electron chi connectivity index (χ4n) is 3.51. The second-order valence-electron chi connectivity index (χ2n) is 5.84. The predicted octanol–water partition coefficient (Wildman–Crippen LogP) is 2.30. The van der Waals surface area contributed by atoms with Gasteiger partial charge in [0.25, 0.3) is 0 Å². The fourth-order valence-corrected chi connectivity index (χ4v) is 5.06. The van der Waals surface area contributed by atoms with Crippen molar-refractivity contribution >= 4 is 15.8 Å². The summed E-state index contributed by atoms with van der Waals surface area (Å²) in [5.74, 6) is -0.635. The topological polar surface area (TPSA) is 71.4 Å². The molecular weight excluding hydrogens is 276 g/mol. The number of carboxylic acids is 1. The van der Waals surface area contributed by atoms with Crippen molar-refractivity contribution in [3.63, 3.8) is 0 Å². The van der Waals surface area contributed by atoms with Crippen LogP contribution in [0.3, 0.4) is 0 Å². The Kier molecular flexibility index (Phi) is 3.12. The van der Waals surface area contributed by atoms with Gasteiger partial charge in [0.1, 0.15) is 0 Å². The van der Waals surface area contributed by atoms with Crippen LogP contribution < -0.4 is 0 Å². The number of hydrogen-bond acceptors (Lipinski definition) is 3. The minimum atomic E-state index is -3.14. The van der Waals surface area contributed by atoms with E-state index in [9.17, 15) is 18.3 Å². The summed E-state index contributed by atoms with van der Waals surface area (Å²) in [7, 11) is -3.14. The maximum Gasteiger partial charge on any atom is 0.314 e. The van der Waals surface area contributed by atoms with Crippen molar-refractivity contribution in [3.8, 4) is 0 Å². The van der Waals surface area contributed by atoms with Crippen LogP contribution in [0, 0.1) is 0 Å². The summed E-state index contributed by atoms with van der Waals surface area (Å²) < 4.78 is 23.7. The van der Waals surface area contributed by atoms with Gasteiger partial charge in [0.2, 0.25) is 0 Å². The lowest BCUT2D eigenvalue weighted by atomic mass is 9.69. The van der Waals surface area contributed by atoms with Gasteiger partial charge in [-0.1, -0.05) is 31.4 Å². The number of rotatable bonds is 2. The van der Waals surface area contributed by atoms with Crippen molar-refractivity contribution < 1.29 is 18.3 Å². The van der Waals surface area contributed by atoms with Crippen molar-refractivity contribution in [3.05, 3.63) is 29.3 Å². The van der Waals surface area contributed by atoms with Gasteiger partial charge in [0, 0.05) is 0 Å². The number of carbonyl (C=O) groups is 1. The first kappa shape index (κ1) is 13.6. The number of aliphatic carboxylic acids is 1. The minimum Gasteiger partial charge on any atom is -0.481 e. The minimum absolute atomic E-state index is 0.145. The molecule has 1 aliphatic heterocycles. The number of aryl methyl sites for hydroxylation is 1. The zero-order valence-electron chi connectivity index (χ0n) is 11.3. The van der Waals surface area contributed by atoms with Crippen LogP contribution in [0.15, 0.2) is 23.1 Å². The number of hydrogen-bond donors (Lipinski definition) is 1. The Morgan fingerprint density at radius 2 is 1.85 bits per heavy atom. The van der Waals surface area contributed by atoms with Crippen LogP contribution in [-0.4, -0.2) is 25.2 Å². The predicted molar refractivity (Wildman–Crippen MR) is 74.6 cm³/mol. The molecule has 20 heavy (non-hydrogen) atoms. The summed E-state index contributed by atoms with van der Waals surface area (Å²) in [4.78, 5) is 12.2. The maximum atomic E-state index is 11.8. The average Bonchev–Trinajstić information content (AvgIpc) is 2.75. The van der Waals surface area contributed by atoms with Crippen LogP contribution in [0.4, 0.5) is 0 Å². The summed E-state index contributed by atoms with van der Waals surface area (Å²) in [6, 6.07) is 5.13. The number of fused-ring (bicyclic) bond motifs is 1. The molecule has 0 spiro atoms. The summed E-state index contributed by atoms with van der Waals surface area (Å²) in [5.41, 5.74) is 0.744. The Hall–Kier alpha value is -1.36. The molecule has 2 aliphatic rings. The Morgan fingerprint density at radius 1 is 1.15 bits per heavy atom. The molecule has 5 heteroatoms.